The number of thioether (sulfide) groups is 1. The van der Waals surface area contributed by atoms with Crippen molar-refractivity contribution in [2.24, 2.45) is 0 Å². The van der Waals surface area contributed by atoms with Crippen LogP contribution in [0.25, 0.3) is 6.08 Å². The highest BCUT2D eigenvalue weighted by Crippen LogP contribution is 2.39. The zero-order valence-electron chi connectivity index (χ0n) is 15.6. The minimum Gasteiger partial charge on any atom is -0.348 e. The SMILES string of the molecule is O=C1Nc2cc(C(=O)NCc3ccccc3Cl)ccc2S/C1=C/c1ccccc1F. The molecule has 0 spiro atoms. The van der Waals surface area contributed by atoms with Crippen LogP contribution in [0.1, 0.15) is 21.5 Å². The zero-order valence-corrected chi connectivity index (χ0v) is 17.2. The number of rotatable bonds is 4. The summed E-state index contributed by atoms with van der Waals surface area (Å²) in [6.45, 7) is 0.298. The molecule has 30 heavy (non-hydrogen) atoms. The van der Waals surface area contributed by atoms with E-state index in [2.05, 4.69) is 10.6 Å². The molecule has 2 N–H and O–H groups in total. The van der Waals surface area contributed by atoms with Crippen molar-refractivity contribution < 1.29 is 14.0 Å². The normalized spacial score (nSPS) is 14.2. The predicted octanol–water partition coefficient (Wildman–Crippen LogP) is 5.49. The monoisotopic (exact) mass is 438 g/mol. The van der Waals surface area contributed by atoms with Crippen molar-refractivity contribution >= 4 is 46.9 Å². The van der Waals surface area contributed by atoms with Gasteiger partial charge in [-0.3, -0.25) is 9.59 Å². The van der Waals surface area contributed by atoms with E-state index in [0.717, 1.165) is 10.5 Å². The van der Waals surface area contributed by atoms with Crippen LogP contribution in [-0.4, -0.2) is 11.8 Å². The third-order valence-corrected chi connectivity index (χ3v) is 5.99. The zero-order chi connectivity index (χ0) is 21.1. The number of carbonyl (C=O) groups excluding carboxylic acids is 2. The second-order valence-electron chi connectivity index (χ2n) is 6.57. The number of nitrogens with one attached hydrogen (secondary N) is 2. The molecule has 3 aromatic carbocycles. The van der Waals surface area contributed by atoms with Gasteiger partial charge < -0.3 is 10.6 Å². The third-order valence-electron chi connectivity index (χ3n) is 4.52. The fourth-order valence-corrected chi connectivity index (χ4v) is 4.08. The summed E-state index contributed by atoms with van der Waals surface area (Å²) in [5.41, 5.74) is 2.12. The number of halogens is 2. The van der Waals surface area contributed by atoms with E-state index in [1.165, 1.54) is 23.9 Å². The molecule has 0 radical (unpaired) electrons. The molecular weight excluding hydrogens is 423 g/mol. The van der Waals surface area contributed by atoms with Crippen LogP contribution in [0.4, 0.5) is 10.1 Å². The molecule has 2 amide bonds. The second-order valence-corrected chi connectivity index (χ2v) is 8.06. The molecule has 0 fully saturated rings. The maximum absolute atomic E-state index is 13.9. The molecule has 0 unspecified atom stereocenters. The maximum atomic E-state index is 13.9. The van der Waals surface area contributed by atoms with Crippen LogP contribution in [-0.2, 0) is 11.3 Å². The maximum Gasteiger partial charge on any atom is 0.262 e. The summed E-state index contributed by atoms with van der Waals surface area (Å²) in [5, 5.41) is 6.19. The summed E-state index contributed by atoms with van der Waals surface area (Å²) in [7, 11) is 0. The highest BCUT2D eigenvalue weighted by molar-refractivity contribution is 8.04. The first-order valence-corrected chi connectivity index (χ1v) is 10.3. The molecule has 7 heteroatoms. The summed E-state index contributed by atoms with van der Waals surface area (Å²) < 4.78 is 13.9. The molecule has 0 aliphatic carbocycles. The Labute approximate surface area is 182 Å². The Morgan fingerprint density at radius 1 is 1.10 bits per heavy atom. The van der Waals surface area contributed by atoms with E-state index in [4.69, 9.17) is 11.6 Å². The topological polar surface area (TPSA) is 58.2 Å². The van der Waals surface area contributed by atoms with Crippen molar-refractivity contribution in [3.05, 3.63) is 99.2 Å². The molecule has 0 saturated carbocycles. The molecule has 1 heterocycles. The van der Waals surface area contributed by atoms with E-state index in [-0.39, 0.29) is 11.8 Å². The molecule has 0 aromatic heterocycles. The Balaban J connectivity index is 1.50. The molecule has 3 aromatic rings. The average molecular weight is 439 g/mol. The number of benzene rings is 3. The Kier molecular flexibility index (Phi) is 5.88. The lowest BCUT2D eigenvalue weighted by atomic mass is 10.1. The molecule has 1 aliphatic heterocycles. The lowest BCUT2D eigenvalue weighted by Gasteiger charge is -2.19. The van der Waals surface area contributed by atoms with Crippen molar-refractivity contribution in [2.75, 3.05) is 5.32 Å². The highest BCUT2D eigenvalue weighted by atomic mass is 35.5. The minimum atomic E-state index is -0.394. The van der Waals surface area contributed by atoms with Crippen molar-refractivity contribution in [1.29, 1.82) is 0 Å². The van der Waals surface area contributed by atoms with E-state index in [9.17, 15) is 14.0 Å². The lowest BCUT2D eigenvalue weighted by molar-refractivity contribution is -0.112. The van der Waals surface area contributed by atoms with E-state index < -0.39 is 5.82 Å². The summed E-state index contributed by atoms with van der Waals surface area (Å²) >= 11 is 7.35. The van der Waals surface area contributed by atoms with E-state index >= 15 is 0 Å². The summed E-state index contributed by atoms with van der Waals surface area (Å²) in [4.78, 5) is 26.1. The number of amides is 2. The van der Waals surface area contributed by atoms with Crippen molar-refractivity contribution in [2.45, 2.75) is 11.4 Å². The smallest absolute Gasteiger partial charge is 0.262 e. The Hall–Kier alpha value is -3.09. The van der Waals surface area contributed by atoms with Gasteiger partial charge in [0.05, 0.1) is 10.6 Å². The molecular formula is C23H16ClFN2O2S. The average Bonchev–Trinajstić information content (AvgIpc) is 2.74. The highest BCUT2D eigenvalue weighted by Gasteiger charge is 2.22. The van der Waals surface area contributed by atoms with Crippen molar-refractivity contribution in [1.82, 2.24) is 5.32 Å². The van der Waals surface area contributed by atoms with Crippen LogP contribution < -0.4 is 10.6 Å². The first-order chi connectivity index (χ1) is 14.5. The van der Waals surface area contributed by atoms with Crippen LogP contribution in [0.2, 0.25) is 5.02 Å². The van der Waals surface area contributed by atoms with Gasteiger partial charge in [0.1, 0.15) is 5.82 Å². The molecule has 4 nitrogen and oxygen atoms in total. The number of hydrogen-bond acceptors (Lipinski definition) is 3. The van der Waals surface area contributed by atoms with Gasteiger partial charge >= 0.3 is 0 Å². The second kappa shape index (κ2) is 8.73. The Morgan fingerprint density at radius 3 is 2.67 bits per heavy atom. The summed E-state index contributed by atoms with van der Waals surface area (Å²) in [6.07, 6.45) is 1.52. The van der Waals surface area contributed by atoms with Gasteiger partial charge in [0, 0.05) is 27.6 Å². The van der Waals surface area contributed by atoms with Gasteiger partial charge in [-0.25, -0.2) is 4.39 Å². The Morgan fingerprint density at radius 2 is 1.87 bits per heavy atom. The van der Waals surface area contributed by atoms with Crippen molar-refractivity contribution in [3.63, 3.8) is 0 Å². The minimum absolute atomic E-state index is 0.273. The van der Waals surface area contributed by atoms with Gasteiger partial charge in [0.25, 0.3) is 11.8 Å². The first-order valence-electron chi connectivity index (χ1n) is 9.12. The standard InChI is InChI=1S/C23H16ClFN2O2S/c24-17-7-3-1-6-16(17)13-26-22(28)15-9-10-20-19(11-15)27-23(29)21(30-20)12-14-5-2-4-8-18(14)25/h1-12H,13H2,(H,26,28)(H,27,29)/b21-12+. The molecule has 0 atom stereocenters. The molecule has 0 bridgehead atoms. The predicted molar refractivity (Wildman–Crippen MR) is 118 cm³/mol. The van der Waals surface area contributed by atoms with Crippen LogP contribution in [0, 0.1) is 5.82 Å². The lowest BCUT2D eigenvalue weighted by Crippen LogP contribution is -2.24. The summed E-state index contributed by atoms with van der Waals surface area (Å²) in [6, 6.07) is 18.6. The Bertz CT molecular complexity index is 1180. The first kappa shape index (κ1) is 20.2. The molecule has 150 valence electrons. The third kappa shape index (κ3) is 4.40. The van der Waals surface area contributed by atoms with E-state index in [1.54, 1.807) is 42.5 Å². The van der Waals surface area contributed by atoms with Crippen LogP contribution in [0.15, 0.2) is 76.5 Å². The molecule has 1 aliphatic rings. The van der Waals surface area contributed by atoms with Crippen molar-refractivity contribution in [3.8, 4) is 0 Å². The fraction of sp³-hybridized carbons (Fsp3) is 0.0435. The quantitative estimate of drug-likeness (QED) is 0.529. The molecule has 0 saturated heterocycles. The van der Waals surface area contributed by atoms with Gasteiger partial charge in [0.15, 0.2) is 0 Å². The van der Waals surface area contributed by atoms with Crippen LogP contribution in [0.3, 0.4) is 0 Å². The fourth-order valence-electron chi connectivity index (χ4n) is 2.95. The van der Waals surface area contributed by atoms with Gasteiger partial charge in [-0.05, 0) is 42.0 Å². The van der Waals surface area contributed by atoms with Crippen LogP contribution in [0.5, 0.6) is 0 Å². The molecule has 4 rings (SSSR count). The number of hydrogen-bond donors (Lipinski definition) is 2. The largest absolute Gasteiger partial charge is 0.348 e. The summed E-state index contributed by atoms with van der Waals surface area (Å²) in [5.74, 6) is -1.01. The van der Waals surface area contributed by atoms with Gasteiger partial charge in [-0.2, -0.15) is 0 Å². The van der Waals surface area contributed by atoms with Gasteiger partial charge in [-0.15, -0.1) is 0 Å². The number of carbonyl (C=O) groups is 2. The van der Waals surface area contributed by atoms with Gasteiger partial charge in [-0.1, -0.05) is 59.8 Å². The van der Waals surface area contributed by atoms with E-state index in [0.29, 0.717) is 33.3 Å². The number of anilines is 1. The van der Waals surface area contributed by atoms with Gasteiger partial charge in [0.2, 0.25) is 0 Å². The number of fused-ring (bicyclic) bond motifs is 1. The van der Waals surface area contributed by atoms with Crippen LogP contribution >= 0.6 is 23.4 Å². The van der Waals surface area contributed by atoms with E-state index in [1.807, 2.05) is 18.2 Å².